The van der Waals surface area contributed by atoms with Crippen molar-refractivity contribution in [1.29, 1.82) is 0 Å². The predicted molar refractivity (Wildman–Crippen MR) is 70.6 cm³/mol. The summed E-state index contributed by atoms with van der Waals surface area (Å²) in [6, 6.07) is 2.12. The Morgan fingerprint density at radius 2 is 1.41 bits per heavy atom. The lowest BCUT2D eigenvalue weighted by Gasteiger charge is -2.59. The number of hydrogen-bond acceptors (Lipinski definition) is 3. The molecule has 0 aromatic carbocycles. The second-order valence-corrected chi connectivity index (χ2v) is 6.73. The topological polar surface area (TPSA) is 27.3 Å². The molecule has 3 nitrogen and oxygen atoms in total. The summed E-state index contributed by atoms with van der Waals surface area (Å²) in [5.41, 5.74) is 0. The van der Waals surface area contributed by atoms with E-state index >= 15 is 0 Å². The van der Waals surface area contributed by atoms with E-state index in [0.29, 0.717) is 24.4 Å². The molecule has 0 aromatic heterocycles. The van der Waals surface area contributed by atoms with Crippen molar-refractivity contribution < 1.29 is 0 Å². The lowest BCUT2D eigenvalue weighted by atomic mass is 9.75. The van der Waals surface area contributed by atoms with Gasteiger partial charge in [-0.3, -0.25) is 15.5 Å². The van der Waals surface area contributed by atoms with E-state index in [1.165, 1.54) is 19.3 Å². The molecule has 3 rings (SSSR count). The first-order chi connectivity index (χ1) is 8.06. The van der Waals surface area contributed by atoms with E-state index in [0.717, 1.165) is 17.9 Å². The summed E-state index contributed by atoms with van der Waals surface area (Å²) < 4.78 is 0. The number of hydrogen-bond donors (Lipinski definition) is 2. The number of rotatable bonds is 0. The quantitative estimate of drug-likeness (QED) is 0.672. The number of piperidine rings is 1. The van der Waals surface area contributed by atoms with Gasteiger partial charge in [0, 0.05) is 18.1 Å². The van der Waals surface area contributed by atoms with Gasteiger partial charge in [-0.15, -0.1) is 0 Å². The summed E-state index contributed by atoms with van der Waals surface area (Å²) >= 11 is 0. The minimum Gasteiger partial charge on any atom is -0.299 e. The van der Waals surface area contributed by atoms with E-state index < -0.39 is 0 Å². The Balaban J connectivity index is 1.88. The molecule has 3 fully saturated rings. The maximum absolute atomic E-state index is 3.80. The third-order valence-corrected chi connectivity index (χ3v) is 5.33. The molecular weight excluding hydrogens is 210 g/mol. The zero-order valence-corrected chi connectivity index (χ0v) is 11.6. The van der Waals surface area contributed by atoms with Crippen molar-refractivity contribution in [2.75, 3.05) is 0 Å². The fourth-order valence-electron chi connectivity index (χ4n) is 4.28. The van der Waals surface area contributed by atoms with Crippen LogP contribution in [0.1, 0.15) is 47.0 Å². The fourth-order valence-corrected chi connectivity index (χ4v) is 4.28. The van der Waals surface area contributed by atoms with E-state index in [1.807, 2.05) is 0 Å². The number of nitrogens with zero attached hydrogens (tertiary/aromatic N) is 1. The van der Waals surface area contributed by atoms with Crippen LogP contribution < -0.4 is 10.6 Å². The monoisotopic (exact) mass is 237 g/mol. The average molecular weight is 237 g/mol. The molecule has 0 radical (unpaired) electrons. The Hall–Kier alpha value is -0.120. The molecule has 2 N–H and O–H groups in total. The van der Waals surface area contributed by atoms with Crippen molar-refractivity contribution in [3.63, 3.8) is 0 Å². The lowest BCUT2D eigenvalue weighted by molar-refractivity contribution is -0.103. The zero-order valence-electron chi connectivity index (χ0n) is 11.6. The molecule has 0 spiro atoms. The maximum Gasteiger partial charge on any atom is 0.0630 e. The van der Waals surface area contributed by atoms with Gasteiger partial charge >= 0.3 is 0 Å². The Kier molecular flexibility index (Phi) is 2.96. The first-order valence-corrected chi connectivity index (χ1v) is 7.35. The smallest absolute Gasteiger partial charge is 0.0630 e. The molecule has 0 aliphatic carbocycles. The van der Waals surface area contributed by atoms with Gasteiger partial charge in [-0.1, -0.05) is 13.8 Å². The normalized spacial score (nSPS) is 55.4. The number of nitrogens with one attached hydrogen (secondary N) is 2. The minimum absolute atomic E-state index is 0.611. The molecule has 0 amide bonds. The van der Waals surface area contributed by atoms with Crippen LogP contribution in [0.5, 0.6) is 0 Å². The Bertz CT molecular complexity index is 282. The van der Waals surface area contributed by atoms with Gasteiger partial charge in [-0.2, -0.15) is 0 Å². The van der Waals surface area contributed by atoms with E-state index in [4.69, 9.17) is 0 Å². The van der Waals surface area contributed by atoms with Gasteiger partial charge in [0.05, 0.1) is 12.3 Å². The second kappa shape index (κ2) is 4.22. The summed E-state index contributed by atoms with van der Waals surface area (Å²) in [5.74, 6) is 1.69. The molecule has 3 aliphatic heterocycles. The van der Waals surface area contributed by atoms with E-state index in [1.54, 1.807) is 0 Å². The highest BCUT2D eigenvalue weighted by molar-refractivity contribution is 5.01. The molecule has 7 unspecified atom stereocenters. The van der Waals surface area contributed by atoms with Gasteiger partial charge in [-0.05, 0) is 44.9 Å². The molecule has 0 aromatic rings. The van der Waals surface area contributed by atoms with Crippen molar-refractivity contribution in [3.05, 3.63) is 0 Å². The van der Waals surface area contributed by atoms with Crippen LogP contribution in [-0.4, -0.2) is 35.4 Å². The molecule has 3 heterocycles. The van der Waals surface area contributed by atoms with Crippen LogP contribution in [0.3, 0.4) is 0 Å². The predicted octanol–water partition coefficient (Wildman–Crippen LogP) is 1.75. The SMILES string of the molecule is CC1CC2C(C)C(C)CC3NC(C)CC(N1)N32. The summed E-state index contributed by atoms with van der Waals surface area (Å²) in [7, 11) is 0. The van der Waals surface area contributed by atoms with Gasteiger partial charge in [-0.25, -0.2) is 0 Å². The van der Waals surface area contributed by atoms with Crippen molar-refractivity contribution >= 4 is 0 Å². The average Bonchev–Trinajstić information content (AvgIpc) is 2.24. The van der Waals surface area contributed by atoms with Crippen LogP contribution >= 0.6 is 0 Å². The summed E-state index contributed by atoms with van der Waals surface area (Å²) in [4.78, 5) is 2.75. The van der Waals surface area contributed by atoms with Gasteiger partial charge in [0.15, 0.2) is 0 Å². The molecule has 0 saturated carbocycles. The molecular formula is C14H27N3. The highest BCUT2D eigenvalue weighted by atomic mass is 15.4. The molecule has 3 aliphatic rings. The van der Waals surface area contributed by atoms with Crippen molar-refractivity contribution in [3.8, 4) is 0 Å². The standard InChI is InChI=1S/C14H27N3/c1-8-5-13-16-10(3)7-14-15-9(2)6-12(11(8)4)17(13)14/h8-16H,5-7H2,1-4H3. The van der Waals surface area contributed by atoms with E-state index in [9.17, 15) is 0 Å². The van der Waals surface area contributed by atoms with Gasteiger partial charge in [0.25, 0.3) is 0 Å². The van der Waals surface area contributed by atoms with Crippen LogP contribution in [-0.2, 0) is 0 Å². The van der Waals surface area contributed by atoms with Crippen molar-refractivity contribution in [2.45, 2.75) is 77.4 Å². The molecule has 3 saturated heterocycles. The van der Waals surface area contributed by atoms with Crippen molar-refractivity contribution in [2.24, 2.45) is 11.8 Å². The zero-order chi connectivity index (χ0) is 12.2. The summed E-state index contributed by atoms with van der Waals surface area (Å²) in [5, 5.41) is 7.60. The minimum atomic E-state index is 0.611. The van der Waals surface area contributed by atoms with Crippen LogP contribution in [0.25, 0.3) is 0 Å². The van der Waals surface area contributed by atoms with Crippen LogP contribution in [0, 0.1) is 11.8 Å². The lowest BCUT2D eigenvalue weighted by Crippen LogP contribution is -2.73. The van der Waals surface area contributed by atoms with Crippen LogP contribution in [0.2, 0.25) is 0 Å². The maximum atomic E-state index is 3.80. The molecule has 17 heavy (non-hydrogen) atoms. The molecule has 0 bridgehead atoms. The highest BCUT2D eigenvalue weighted by Crippen LogP contribution is 2.39. The van der Waals surface area contributed by atoms with Gasteiger partial charge in [0.1, 0.15) is 0 Å². The largest absolute Gasteiger partial charge is 0.299 e. The molecule has 7 atom stereocenters. The van der Waals surface area contributed by atoms with Gasteiger partial charge < -0.3 is 0 Å². The Morgan fingerprint density at radius 3 is 2.12 bits per heavy atom. The Labute approximate surface area is 105 Å². The summed E-state index contributed by atoms with van der Waals surface area (Å²) in [6.45, 7) is 9.57. The van der Waals surface area contributed by atoms with E-state index in [2.05, 4.69) is 43.2 Å². The summed E-state index contributed by atoms with van der Waals surface area (Å²) in [6.07, 6.45) is 5.10. The molecule has 98 valence electrons. The van der Waals surface area contributed by atoms with Gasteiger partial charge in [0.2, 0.25) is 0 Å². The van der Waals surface area contributed by atoms with Crippen LogP contribution in [0.4, 0.5) is 0 Å². The Morgan fingerprint density at radius 1 is 0.824 bits per heavy atom. The third-order valence-electron chi connectivity index (χ3n) is 5.33. The fraction of sp³-hybridized carbons (Fsp3) is 1.00. The second-order valence-electron chi connectivity index (χ2n) is 6.73. The highest BCUT2D eigenvalue weighted by Gasteiger charge is 2.48. The third kappa shape index (κ3) is 1.92. The first kappa shape index (κ1) is 11.9. The van der Waals surface area contributed by atoms with Crippen LogP contribution in [0.15, 0.2) is 0 Å². The van der Waals surface area contributed by atoms with E-state index in [-0.39, 0.29) is 0 Å². The van der Waals surface area contributed by atoms with Crippen molar-refractivity contribution in [1.82, 2.24) is 15.5 Å². The molecule has 3 heteroatoms. The first-order valence-electron chi connectivity index (χ1n) is 7.35.